The van der Waals surface area contributed by atoms with E-state index in [0.29, 0.717) is 24.5 Å². The van der Waals surface area contributed by atoms with Gasteiger partial charge in [0.2, 0.25) is 5.13 Å². The minimum absolute atomic E-state index is 0.183. The van der Waals surface area contributed by atoms with E-state index in [0.717, 1.165) is 22.0 Å². The Hall–Kier alpha value is -2.78. The van der Waals surface area contributed by atoms with Crippen LogP contribution in [0.4, 0.5) is 5.13 Å². The number of aryl methyl sites for hydroxylation is 1. The summed E-state index contributed by atoms with van der Waals surface area (Å²) in [5.74, 6) is 3.77. The van der Waals surface area contributed by atoms with Gasteiger partial charge in [0.25, 0.3) is 0 Å². The maximum atomic E-state index is 5.71. The van der Waals surface area contributed by atoms with E-state index in [9.17, 15) is 0 Å². The van der Waals surface area contributed by atoms with Crippen molar-refractivity contribution in [1.29, 1.82) is 0 Å². The molecule has 1 aromatic carbocycles. The highest BCUT2D eigenvalue weighted by Crippen LogP contribution is 2.33. The van der Waals surface area contributed by atoms with Crippen LogP contribution in [0, 0.1) is 19.3 Å². The summed E-state index contributed by atoms with van der Waals surface area (Å²) in [7, 11) is 0. The summed E-state index contributed by atoms with van der Waals surface area (Å²) >= 11 is 1.51. The van der Waals surface area contributed by atoms with Gasteiger partial charge >= 0.3 is 0 Å². The van der Waals surface area contributed by atoms with Crippen molar-refractivity contribution < 1.29 is 9.47 Å². The van der Waals surface area contributed by atoms with Gasteiger partial charge in [-0.05, 0) is 38.0 Å². The minimum atomic E-state index is 0.183. The Morgan fingerprint density at radius 2 is 2.28 bits per heavy atom. The normalized spacial score (nSPS) is 10.4. The Bertz CT molecular complexity index is 790. The maximum absolute atomic E-state index is 5.71. The van der Waals surface area contributed by atoms with Gasteiger partial charge in [0.05, 0.1) is 18.5 Å². The van der Waals surface area contributed by atoms with E-state index in [-0.39, 0.29) is 6.61 Å². The molecule has 0 fully saturated rings. The number of rotatable bonds is 9. The van der Waals surface area contributed by atoms with E-state index in [2.05, 4.69) is 28.0 Å². The second-order valence-electron chi connectivity index (χ2n) is 5.09. The molecule has 0 aliphatic heterocycles. The number of aromatic nitrogens is 1. The number of nitrogens with zero attached hydrogens (tertiary/aromatic N) is 2. The van der Waals surface area contributed by atoms with E-state index in [1.807, 2.05) is 37.4 Å². The van der Waals surface area contributed by atoms with Gasteiger partial charge in [-0.3, -0.25) is 5.43 Å². The fraction of sp³-hybridized carbons (Fsp3) is 0.263. The van der Waals surface area contributed by atoms with Gasteiger partial charge in [-0.1, -0.05) is 12.0 Å². The second-order valence-corrected chi connectivity index (χ2v) is 5.95. The molecule has 0 saturated carbocycles. The number of ether oxygens (including phenoxy) is 2. The lowest BCUT2D eigenvalue weighted by atomic mass is 10.1. The summed E-state index contributed by atoms with van der Waals surface area (Å²) in [6.45, 7) is 8.37. The number of benzene rings is 1. The fourth-order valence-electron chi connectivity index (χ4n) is 2.17. The highest BCUT2D eigenvalue weighted by molar-refractivity contribution is 7.13. The van der Waals surface area contributed by atoms with Gasteiger partial charge in [-0.15, -0.1) is 24.3 Å². The van der Waals surface area contributed by atoms with E-state index in [1.165, 1.54) is 11.3 Å². The number of thiazole rings is 1. The number of nitrogens with one attached hydrogen (secondary N) is 1. The van der Waals surface area contributed by atoms with Crippen LogP contribution in [0.3, 0.4) is 0 Å². The largest absolute Gasteiger partial charge is 0.490 e. The highest BCUT2D eigenvalue weighted by Gasteiger charge is 2.12. The van der Waals surface area contributed by atoms with Crippen LogP contribution < -0.4 is 14.9 Å². The first-order valence-electron chi connectivity index (χ1n) is 7.86. The molecule has 0 radical (unpaired) electrons. The minimum Gasteiger partial charge on any atom is -0.490 e. The standard InChI is InChI=1S/C19H21N3O2S/c1-5-8-16-10-15(12-20-22-19-21-14(4)13-25-19)11-17(23-7-3)18(16)24-9-6-2/h2,5,10-13H,1,7-9H2,3-4H3,(H,21,22). The number of hydrazone groups is 1. The van der Waals surface area contributed by atoms with Crippen molar-refractivity contribution >= 4 is 22.7 Å². The van der Waals surface area contributed by atoms with Crippen molar-refractivity contribution in [2.24, 2.45) is 5.10 Å². The Morgan fingerprint density at radius 3 is 2.92 bits per heavy atom. The number of hydrogen-bond acceptors (Lipinski definition) is 6. The molecule has 0 spiro atoms. The molecule has 1 N–H and O–H groups in total. The summed E-state index contributed by atoms with van der Waals surface area (Å²) < 4.78 is 11.4. The first-order chi connectivity index (χ1) is 12.2. The second kappa shape index (κ2) is 9.50. The van der Waals surface area contributed by atoms with Gasteiger partial charge < -0.3 is 9.47 Å². The molecule has 2 aromatic rings. The van der Waals surface area contributed by atoms with Crippen LogP contribution in [0.2, 0.25) is 0 Å². The average molecular weight is 355 g/mol. The lowest BCUT2D eigenvalue weighted by Gasteiger charge is -2.15. The van der Waals surface area contributed by atoms with Crippen LogP contribution in [-0.2, 0) is 6.42 Å². The molecule has 0 aliphatic rings. The zero-order chi connectivity index (χ0) is 18.1. The van der Waals surface area contributed by atoms with Crippen molar-refractivity contribution in [2.75, 3.05) is 18.6 Å². The van der Waals surface area contributed by atoms with Crippen molar-refractivity contribution in [2.45, 2.75) is 20.3 Å². The van der Waals surface area contributed by atoms with Gasteiger partial charge in [0, 0.05) is 10.9 Å². The molecule has 0 bridgehead atoms. The van der Waals surface area contributed by atoms with Crippen LogP contribution in [0.25, 0.3) is 0 Å². The maximum Gasteiger partial charge on any atom is 0.203 e. The first kappa shape index (κ1) is 18.6. The third-order valence-electron chi connectivity index (χ3n) is 3.11. The van der Waals surface area contributed by atoms with Gasteiger partial charge in [0.1, 0.15) is 6.61 Å². The van der Waals surface area contributed by atoms with Crippen molar-refractivity contribution in [1.82, 2.24) is 4.98 Å². The summed E-state index contributed by atoms with van der Waals surface area (Å²) in [5, 5.41) is 6.95. The Kier molecular flexibility index (Phi) is 7.05. The lowest BCUT2D eigenvalue weighted by Crippen LogP contribution is -2.04. The SMILES string of the molecule is C#CCOc1c(CC=C)cc(C=NNc2nc(C)cs2)cc1OCC. The molecule has 6 heteroatoms. The molecule has 1 aromatic heterocycles. The molecule has 5 nitrogen and oxygen atoms in total. The number of terminal acetylenes is 1. The zero-order valence-electron chi connectivity index (χ0n) is 14.4. The number of hydrogen-bond donors (Lipinski definition) is 1. The molecule has 25 heavy (non-hydrogen) atoms. The molecular formula is C19H21N3O2S. The Morgan fingerprint density at radius 1 is 1.44 bits per heavy atom. The Labute approximate surface area is 152 Å². The molecule has 0 amide bonds. The number of anilines is 1. The van der Waals surface area contributed by atoms with E-state index < -0.39 is 0 Å². The summed E-state index contributed by atoms with van der Waals surface area (Å²) in [6.07, 6.45) is 9.48. The third kappa shape index (κ3) is 5.37. The van der Waals surface area contributed by atoms with Gasteiger partial charge in [0.15, 0.2) is 11.5 Å². The van der Waals surface area contributed by atoms with E-state index in [1.54, 1.807) is 6.21 Å². The molecule has 130 valence electrons. The number of allylic oxidation sites excluding steroid dienone is 1. The monoisotopic (exact) mass is 355 g/mol. The molecule has 0 saturated heterocycles. The van der Waals surface area contributed by atoms with Crippen LogP contribution in [0.1, 0.15) is 23.7 Å². The lowest BCUT2D eigenvalue weighted by molar-refractivity contribution is 0.297. The molecule has 1 heterocycles. The molecular weight excluding hydrogens is 334 g/mol. The summed E-state index contributed by atoms with van der Waals surface area (Å²) in [4.78, 5) is 4.30. The van der Waals surface area contributed by atoms with Crippen LogP contribution in [0.5, 0.6) is 11.5 Å². The van der Waals surface area contributed by atoms with Crippen molar-refractivity contribution in [3.05, 3.63) is 47.0 Å². The Balaban J connectivity index is 2.27. The van der Waals surface area contributed by atoms with Crippen molar-refractivity contribution in [3.63, 3.8) is 0 Å². The molecule has 0 atom stereocenters. The molecule has 2 rings (SSSR count). The molecule has 0 unspecified atom stereocenters. The highest BCUT2D eigenvalue weighted by atomic mass is 32.1. The van der Waals surface area contributed by atoms with Crippen LogP contribution >= 0.6 is 11.3 Å². The molecule has 0 aliphatic carbocycles. The topological polar surface area (TPSA) is 55.7 Å². The van der Waals surface area contributed by atoms with E-state index in [4.69, 9.17) is 15.9 Å². The van der Waals surface area contributed by atoms with E-state index >= 15 is 0 Å². The van der Waals surface area contributed by atoms with Gasteiger partial charge in [-0.25, -0.2) is 4.98 Å². The van der Waals surface area contributed by atoms with Crippen molar-refractivity contribution in [3.8, 4) is 23.8 Å². The first-order valence-corrected chi connectivity index (χ1v) is 8.74. The predicted octanol–water partition coefficient (Wildman–Crippen LogP) is 4.04. The van der Waals surface area contributed by atoms with Gasteiger partial charge in [-0.2, -0.15) is 5.10 Å². The zero-order valence-corrected chi connectivity index (χ0v) is 15.2. The predicted molar refractivity (Wildman–Crippen MR) is 104 cm³/mol. The smallest absolute Gasteiger partial charge is 0.203 e. The summed E-state index contributed by atoms with van der Waals surface area (Å²) in [5.41, 5.74) is 5.72. The third-order valence-corrected chi connectivity index (χ3v) is 3.98. The summed E-state index contributed by atoms with van der Waals surface area (Å²) in [6, 6.07) is 3.86. The quantitative estimate of drug-likeness (QED) is 0.319. The average Bonchev–Trinajstić information content (AvgIpc) is 3.00. The fourth-order valence-corrected chi connectivity index (χ4v) is 2.81. The van der Waals surface area contributed by atoms with Crippen LogP contribution in [0.15, 0.2) is 35.3 Å². The van der Waals surface area contributed by atoms with Crippen LogP contribution in [-0.4, -0.2) is 24.4 Å².